The highest BCUT2D eigenvalue weighted by Gasteiger charge is 2.25. The lowest BCUT2D eigenvalue weighted by Crippen LogP contribution is -2.47. The topological polar surface area (TPSA) is 78.6 Å². The fourth-order valence-corrected chi connectivity index (χ4v) is 2.47. The first-order valence-electron chi connectivity index (χ1n) is 7.32. The smallest absolute Gasteiger partial charge is 0.407 e. The van der Waals surface area contributed by atoms with Crippen LogP contribution in [0.1, 0.15) is 20.8 Å². The molecule has 0 aliphatic rings. The third-order valence-corrected chi connectivity index (χ3v) is 3.66. The Kier molecular flexibility index (Phi) is 4.45. The first-order chi connectivity index (χ1) is 10.3. The predicted octanol–water partition coefficient (Wildman–Crippen LogP) is 3.61. The summed E-state index contributed by atoms with van der Waals surface area (Å²) in [5, 5.41) is 14.6. The van der Waals surface area contributed by atoms with Gasteiger partial charge in [0.1, 0.15) is 0 Å². The number of nitrogens with two attached hydrogens (primary N) is 1. The van der Waals surface area contributed by atoms with Gasteiger partial charge in [0.05, 0.1) is 11.4 Å². The summed E-state index contributed by atoms with van der Waals surface area (Å²) >= 11 is 0. The van der Waals surface area contributed by atoms with Gasteiger partial charge in [0.15, 0.2) is 0 Å². The van der Waals surface area contributed by atoms with Crippen LogP contribution in [0.4, 0.5) is 16.2 Å². The Morgan fingerprint density at radius 1 is 1.23 bits per heavy atom. The fraction of sp³-hybridized carbons (Fsp3) is 0.353. The minimum Gasteiger partial charge on any atom is -0.465 e. The zero-order valence-corrected chi connectivity index (χ0v) is 13.3. The molecule has 0 unspecified atom stereocenters. The van der Waals surface area contributed by atoms with Crippen molar-refractivity contribution < 1.29 is 9.90 Å². The number of carboxylic acid groups (broad SMARTS) is 1. The highest BCUT2D eigenvalue weighted by molar-refractivity contribution is 5.98. The third kappa shape index (κ3) is 3.42. The fourth-order valence-electron chi connectivity index (χ4n) is 2.47. The maximum absolute atomic E-state index is 11.3. The summed E-state index contributed by atoms with van der Waals surface area (Å²) in [6, 6.07) is 11.9. The summed E-state index contributed by atoms with van der Waals surface area (Å²) in [6.07, 6.45) is -0.916. The Balaban J connectivity index is 2.09. The molecule has 0 atom stereocenters. The van der Waals surface area contributed by atoms with Crippen molar-refractivity contribution in [1.29, 1.82) is 0 Å². The summed E-state index contributed by atoms with van der Waals surface area (Å²) in [7, 11) is 0. The van der Waals surface area contributed by atoms with Gasteiger partial charge in [0.25, 0.3) is 0 Å². The van der Waals surface area contributed by atoms with Gasteiger partial charge in [-0.25, -0.2) is 4.79 Å². The number of anilines is 2. The largest absolute Gasteiger partial charge is 0.465 e. The molecule has 2 aromatic rings. The number of nitrogen functional groups attached to an aromatic ring is 1. The van der Waals surface area contributed by atoms with Gasteiger partial charge in [-0.1, -0.05) is 30.3 Å². The van der Waals surface area contributed by atoms with E-state index in [-0.39, 0.29) is 0 Å². The van der Waals surface area contributed by atoms with E-state index in [9.17, 15) is 9.90 Å². The lowest BCUT2D eigenvalue weighted by Gasteiger charge is -2.33. The van der Waals surface area contributed by atoms with Gasteiger partial charge in [-0.3, -0.25) is 0 Å². The number of hydrogen-bond donors (Lipinski definition) is 3. The number of nitrogens with one attached hydrogen (secondary N) is 1. The molecule has 5 heteroatoms. The van der Waals surface area contributed by atoms with E-state index in [1.54, 1.807) is 0 Å². The van der Waals surface area contributed by atoms with E-state index in [0.717, 1.165) is 16.5 Å². The molecule has 0 aromatic heterocycles. The average molecular weight is 301 g/mol. The second-order valence-electron chi connectivity index (χ2n) is 6.28. The summed E-state index contributed by atoms with van der Waals surface area (Å²) in [5.41, 5.74) is 7.28. The molecule has 4 N–H and O–H groups in total. The van der Waals surface area contributed by atoms with Gasteiger partial charge in [-0.2, -0.15) is 0 Å². The molecular weight excluding hydrogens is 278 g/mol. The van der Waals surface area contributed by atoms with Gasteiger partial charge >= 0.3 is 6.09 Å². The Morgan fingerprint density at radius 2 is 1.91 bits per heavy atom. The van der Waals surface area contributed by atoms with E-state index in [1.165, 1.54) is 4.90 Å². The quantitative estimate of drug-likeness (QED) is 0.754. The molecule has 0 aliphatic carbocycles. The number of benzene rings is 2. The second-order valence-corrected chi connectivity index (χ2v) is 6.28. The van der Waals surface area contributed by atoms with E-state index >= 15 is 0 Å². The molecule has 1 amide bonds. The van der Waals surface area contributed by atoms with Crippen LogP contribution in [0.3, 0.4) is 0 Å². The highest BCUT2D eigenvalue weighted by Crippen LogP contribution is 2.28. The third-order valence-electron chi connectivity index (χ3n) is 3.66. The van der Waals surface area contributed by atoms with Gasteiger partial charge in [0.2, 0.25) is 0 Å². The Labute approximate surface area is 130 Å². The maximum Gasteiger partial charge on any atom is 0.407 e. The molecule has 5 nitrogen and oxygen atoms in total. The van der Waals surface area contributed by atoms with Crippen LogP contribution in [0, 0.1) is 0 Å². The minimum atomic E-state index is -0.916. The van der Waals surface area contributed by atoms with E-state index in [2.05, 4.69) is 5.32 Å². The van der Waals surface area contributed by atoms with E-state index < -0.39 is 11.6 Å². The van der Waals surface area contributed by atoms with Crippen molar-refractivity contribution >= 4 is 28.2 Å². The maximum atomic E-state index is 11.3. The van der Waals surface area contributed by atoms with Crippen molar-refractivity contribution in [2.24, 2.45) is 0 Å². The summed E-state index contributed by atoms with van der Waals surface area (Å²) < 4.78 is 0. The SMILES string of the molecule is CC(C)(C)N(CCNc1ccc2ccccc2c1N)C(=O)O. The number of fused-ring (bicyclic) bond motifs is 1. The minimum absolute atomic E-state index is 0.394. The molecule has 0 aliphatic heterocycles. The summed E-state index contributed by atoms with van der Waals surface area (Å²) in [6.45, 7) is 6.54. The molecule has 0 saturated heterocycles. The number of carbonyl (C=O) groups is 1. The zero-order chi connectivity index (χ0) is 16.3. The standard InChI is InChI=1S/C17H23N3O2/c1-17(2,3)20(16(21)22)11-10-19-14-9-8-12-6-4-5-7-13(12)15(14)18/h4-9,19H,10-11,18H2,1-3H3,(H,21,22). The zero-order valence-electron chi connectivity index (χ0n) is 13.3. The average Bonchev–Trinajstić information content (AvgIpc) is 2.44. The molecule has 2 aromatic carbocycles. The molecule has 0 heterocycles. The van der Waals surface area contributed by atoms with Crippen molar-refractivity contribution in [3.63, 3.8) is 0 Å². The van der Waals surface area contributed by atoms with Crippen LogP contribution in [-0.2, 0) is 0 Å². The van der Waals surface area contributed by atoms with Crippen LogP contribution >= 0.6 is 0 Å². The Hall–Kier alpha value is -2.43. The molecule has 22 heavy (non-hydrogen) atoms. The first-order valence-corrected chi connectivity index (χ1v) is 7.32. The van der Waals surface area contributed by atoms with Crippen molar-refractivity contribution in [2.75, 3.05) is 24.1 Å². The molecule has 2 rings (SSSR count). The summed E-state index contributed by atoms with van der Waals surface area (Å²) in [4.78, 5) is 12.7. The lowest BCUT2D eigenvalue weighted by atomic mass is 10.1. The van der Waals surface area contributed by atoms with Gasteiger partial charge in [-0.15, -0.1) is 0 Å². The van der Waals surface area contributed by atoms with Crippen LogP contribution in [0.25, 0.3) is 10.8 Å². The lowest BCUT2D eigenvalue weighted by molar-refractivity contribution is 0.103. The van der Waals surface area contributed by atoms with Crippen LogP contribution in [-0.4, -0.2) is 34.7 Å². The molecule has 0 radical (unpaired) electrons. The highest BCUT2D eigenvalue weighted by atomic mass is 16.4. The molecule has 0 fully saturated rings. The number of hydrogen-bond acceptors (Lipinski definition) is 3. The molecule has 118 valence electrons. The summed E-state index contributed by atoms with van der Waals surface area (Å²) in [5.74, 6) is 0. The van der Waals surface area contributed by atoms with Crippen molar-refractivity contribution in [2.45, 2.75) is 26.3 Å². The van der Waals surface area contributed by atoms with Gasteiger partial charge in [-0.05, 0) is 32.2 Å². The van der Waals surface area contributed by atoms with Gasteiger partial charge < -0.3 is 21.1 Å². The van der Waals surface area contributed by atoms with Crippen LogP contribution in [0.2, 0.25) is 0 Å². The predicted molar refractivity (Wildman–Crippen MR) is 91.3 cm³/mol. The molecule has 0 spiro atoms. The van der Waals surface area contributed by atoms with E-state index in [4.69, 9.17) is 5.73 Å². The van der Waals surface area contributed by atoms with Crippen LogP contribution in [0.5, 0.6) is 0 Å². The molecular formula is C17H23N3O2. The first kappa shape index (κ1) is 15.9. The Bertz CT molecular complexity index is 677. The Morgan fingerprint density at radius 3 is 2.55 bits per heavy atom. The normalized spacial score (nSPS) is 11.4. The van der Waals surface area contributed by atoms with Crippen molar-refractivity contribution in [3.05, 3.63) is 36.4 Å². The molecule has 0 bridgehead atoms. The monoisotopic (exact) mass is 301 g/mol. The van der Waals surface area contributed by atoms with Gasteiger partial charge in [0, 0.05) is 24.0 Å². The molecule has 0 saturated carbocycles. The second kappa shape index (κ2) is 6.13. The van der Waals surface area contributed by atoms with Crippen LogP contribution < -0.4 is 11.1 Å². The van der Waals surface area contributed by atoms with Crippen molar-refractivity contribution in [1.82, 2.24) is 4.90 Å². The number of amides is 1. The van der Waals surface area contributed by atoms with Crippen LogP contribution in [0.15, 0.2) is 36.4 Å². The van der Waals surface area contributed by atoms with E-state index in [1.807, 2.05) is 57.2 Å². The van der Waals surface area contributed by atoms with E-state index in [0.29, 0.717) is 18.8 Å². The number of nitrogens with zero attached hydrogens (tertiary/aromatic N) is 1. The number of rotatable bonds is 4. The van der Waals surface area contributed by atoms with Crippen molar-refractivity contribution in [3.8, 4) is 0 Å².